The van der Waals surface area contributed by atoms with Gasteiger partial charge in [0.05, 0.1) is 33.5 Å². The SMILES string of the molecule is COc1ccc(COC[C@H](O)CN2CCN(Cc3ccccc3)CC2)cc1OC. The summed E-state index contributed by atoms with van der Waals surface area (Å²) in [7, 11) is 3.23. The van der Waals surface area contributed by atoms with Crippen LogP contribution < -0.4 is 9.47 Å². The first-order valence-corrected chi connectivity index (χ1v) is 10.1. The maximum Gasteiger partial charge on any atom is 0.161 e. The third kappa shape index (κ3) is 6.72. The number of benzene rings is 2. The lowest BCUT2D eigenvalue weighted by Gasteiger charge is -2.35. The highest BCUT2D eigenvalue weighted by atomic mass is 16.5. The van der Waals surface area contributed by atoms with Gasteiger partial charge in [0.25, 0.3) is 0 Å². The smallest absolute Gasteiger partial charge is 0.161 e. The summed E-state index contributed by atoms with van der Waals surface area (Å²) < 4.78 is 16.3. The number of hydrogen-bond acceptors (Lipinski definition) is 6. The molecule has 6 nitrogen and oxygen atoms in total. The summed E-state index contributed by atoms with van der Waals surface area (Å²) in [6, 6.07) is 16.3. The van der Waals surface area contributed by atoms with Gasteiger partial charge in [0.2, 0.25) is 0 Å². The predicted octanol–water partition coefficient (Wildman–Crippen LogP) is 2.40. The van der Waals surface area contributed by atoms with Crippen LogP contribution in [-0.4, -0.2) is 74.6 Å². The summed E-state index contributed by atoms with van der Waals surface area (Å²) in [4.78, 5) is 4.78. The lowest BCUT2D eigenvalue weighted by Crippen LogP contribution is -2.48. The number of ether oxygens (including phenoxy) is 3. The van der Waals surface area contributed by atoms with E-state index < -0.39 is 6.10 Å². The zero-order valence-corrected chi connectivity index (χ0v) is 17.4. The van der Waals surface area contributed by atoms with Gasteiger partial charge in [-0.3, -0.25) is 9.80 Å². The Labute approximate surface area is 173 Å². The van der Waals surface area contributed by atoms with Crippen LogP contribution in [0.5, 0.6) is 11.5 Å². The molecule has 0 radical (unpaired) electrons. The van der Waals surface area contributed by atoms with Gasteiger partial charge in [-0.05, 0) is 23.3 Å². The number of nitrogens with zero attached hydrogens (tertiary/aromatic N) is 2. The summed E-state index contributed by atoms with van der Waals surface area (Å²) >= 11 is 0. The zero-order valence-electron chi connectivity index (χ0n) is 17.4. The maximum absolute atomic E-state index is 10.3. The van der Waals surface area contributed by atoms with E-state index in [1.807, 2.05) is 18.2 Å². The summed E-state index contributed by atoms with van der Waals surface area (Å²) in [5.41, 5.74) is 2.34. The first-order chi connectivity index (χ1) is 14.2. The molecule has 2 aromatic carbocycles. The number of hydrogen-bond donors (Lipinski definition) is 1. The van der Waals surface area contributed by atoms with E-state index >= 15 is 0 Å². The van der Waals surface area contributed by atoms with Crippen molar-refractivity contribution >= 4 is 0 Å². The van der Waals surface area contributed by atoms with Gasteiger partial charge in [-0.1, -0.05) is 36.4 Å². The molecule has 2 aromatic rings. The van der Waals surface area contributed by atoms with Gasteiger partial charge >= 0.3 is 0 Å². The monoisotopic (exact) mass is 400 g/mol. The molecule has 0 unspecified atom stereocenters. The van der Waals surface area contributed by atoms with Gasteiger partial charge in [-0.25, -0.2) is 0 Å². The largest absolute Gasteiger partial charge is 0.493 e. The van der Waals surface area contributed by atoms with E-state index in [-0.39, 0.29) is 0 Å². The molecule has 0 bridgehead atoms. The standard InChI is InChI=1S/C23H32N2O4/c1-27-22-9-8-20(14-23(22)28-2)17-29-18-21(26)16-25-12-10-24(11-13-25)15-19-6-4-3-5-7-19/h3-9,14,21,26H,10-13,15-18H2,1-2H3/t21-/m1/s1. The third-order valence-corrected chi connectivity index (χ3v) is 5.21. The molecule has 1 aliphatic rings. The molecule has 29 heavy (non-hydrogen) atoms. The van der Waals surface area contributed by atoms with Crippen molar-refractivity contribution in [1.82, 2.24) is 9.80 Å². The first-order valence-electron chi connectivity index (χ1n) is 10.1. The molecule has 1 heterocycles. The summed E-state index contributed by atoms with van der Waals surface area (Å²) in [6.45, 7) is 6.37. The fourth-order valence-electron chi connectivity index (χ4n) is 3.61. The van der Waals surface area contributed by atoms with E-state index in [0.29, 0.717) is 31.3 Å². The van der Waals surface area contributed by atoms with Crippen molar-refractivity contribution in [3.8, 4) is 11.5 Å². The molecule has 0 aliphatic carbocycles. The summed E-state index contributed by atoms with van der Waals surface area (Å²) in [6.07, 6.45) is -0.490. The van der Waals surface area contributed by atoms with Crippen LogP contribution in [0.1, 0.15) is 11.1 Å². The summed E-state index contributed by atoms with van der Waals surface area (Å²) in [5, 5.41) is 10.3. The van der Waals surface area contributed by atoms with E-state index in [1.165, 1.54) is 5.56 Å². The highest BCUT2D eigenvalue weighted by Gasteiger charge is 2.19. The molecule has 1 atom stereocenters. The van der Waals surface area contributed by atoms with Crippen molar-refractivity contribution in [3.63, 3.8) is 0 Å². The third-order valence-electron chi connectivity index (χ3n) is 5.21. The molecule has 0 saturated carbocycles. The second kappa shape index (κ2) is 11.2. The normalized spacial score (nSPS) is 16.5. The molecule has 158 valence electrons. The average molecular weight is 401 g/mol. The Morgan fingerprint density at radius 2 is 1.55 bits per heavy atom. The van der Waals surface area contributed by atoms with Crippen molar-refractivity contribution in [1.29, 1.82) is 0 Å². The number of aliphatic hydroxyl groups is 1. The Morgan fingerprint density at radius 1 is 0.862 bits per heavy atom. The summed E-state index contributed by atoms with van der Waals surface area (Å²) in [5.74, 6) is 1.38. The molecule has 0 spiro atoms. The first kappa shape index (κ1) is 21.6. The molecule has 6 heteroatoms. The van der Waals surface area contributed by atoms with Gasteiger partial charge in [0.1, 0.15) is 0 Å². The number of methoxy groups -OCH3 is 2. The van der Waals surface area contributed by atoms with Crippen molar-refractivity contribution in [2.24, 2.45) is 0 Å². The van der Waals surface area contributed by atoms with Crippen LogP contribution in [0.4, 0.5) is 0 Å². The fourth-order valence-corrected chi connectivity index (χ4v) is 3.61. The molecule has 1 N–H and O–H groups in total. The Morgan fingerprint density at radius 3 is 2.24 bits per heavy atom. The Balaban J connectivity index is 1.34. The highest BCUT2D eigenvalue weighted by molar-refractivity contribution is 5.42. The maximum atomic E-state index is 10.3. The Hall–Kier alpha value is -2.12. The van der Waals surface area contributed by atoms with E-state index in [1.54, 1.807) is 14.2 Å². The van der Waals surface area contributed by atoms with Gasteiger partial charge in [0, 0.05) is 39.3 Å². The predicted molar refractivity (Wildman–Crippen MR) is 113 cm³/mol. The Kier molecular flexibility index (Phi) is 8.31. The fraction of sp³-hybridized carbons (Fsp3) is 0.478. The molecule has 1 saturated heterocycles. The lowest BCUT2D eigenvalue weighted by molar-refractivity contribution is 0.000840. The molecule has 1 fully saturated rings. The number of piperazine rings is 1. The van der Waals surface area contributed by atoms with Gasteiger partial charge in [-0.15, -0.1) is 0 Å². The van der Waals surface area contributed by atoms with Crippen molar-refractivity contribution in [3.05, 3.63) is 59.7 Å². The van der Waals surface area contributed by atoms with E-state index in [9.17, 15) is 5.11 Å². The van der Waals surface area contributed by atoms with Gasteiger partial charge in [-0.2, -0.15) is 0 Å². The quantitative estimate of drug-likeness (QED) is 0.661. The highest BCUT2D eigenvalue weighted by Crippen LogP contribution is 2.27. The van der Waals surface area contributed by atoms with E-state index in [4.69, 9.17) is 14.2 Å². The van der Waals surface area contributed by atoms with Crippen LogP contribution in [0.2, 0.25) is 0 Å². The zero-order chi connectivity index (χ0) is 20.5. The van der Waals surface area contributed by atoms with Crippen molar-refractivity contribution < 1.29 is 19.3 Å². The van der Waals surface area contributed by atoms with E-state index in [2.05, 4.69) is 40.1 Å². The van der Waals surface area contributed by atoms with Crippen LogP contribution >= 0.6 is 0 Å². The van der Waals surface area contributed by atoms with Gasteiger partial charge < -0.3 is 19.3 Å². The minimum Gasteiger partial charge on any atom is -0.493 e. The molecule has 0 amide bonds. The lowest BCUT2D eigenvalue weighted by atomic mass is 10.2. The number of rotatable bonds is 10. The number of β-amino-alcohol motifs (C(OH)–C–C–N with tert-alkyl or cyclic N) is 1. The van der Waals surface area contributed by atoms with Crippen LogP contribution in [-0.2, 0) is 17.9 Å². The molecule has 0 aromatic heterocycles. The molecule has 3 rings (SSSR count). The molecular weight excluding hydrogens is 368 g/mol. The van der Waals surface area contributed by atoms with Crippen molar-refractivity contribution in [2.45, 2.75) is 19.3 Å². The van der Waals surface area contributed by atoms with Crippen LogP contribution in [0, 0.1) is 0 Å². The Bertz CT molecular complexity index is 733. The van der Waals surface area contributed by atoms with Gasteiger partial charge in [0.15, 0.2) is 11.5 Å². The second-order valence-corrected chi connectivity index (χ2v) is 7.42. The van der Waals surface area contributed by atoms with Crippen molar-refractivity contribution in [2.75, 3.05) is 53.6 Å². The molecular formula is C23H32N2O4. The minimum absolute atomic E-state index is 0.318. The molecule has 1 aliphatic heterocycles. The number of aliphatic hydroxyl groups excluding tert-OH is 1. The average Bonchev–Trinajstić information content (AvgIpc) is 2.75. The van der Waals surface area contributed by atoms with Crippen LogP contribution in [0.15, 0.2) is 48.5 Å². The van der Waals surface area contributed by atoms with Crippen LogP contribution in [0.3, 0.4) is 0 Å². The minimum atomic E-state index is -0.490. The van der Waals surface area contributed by atoms with E-state index in [0.717, 1.165) is 38.3 Å². The second-order valence-electron chi connectivity index (χ2n) is 7.42. The topological polar surface area (TPSA) is 54.4 Å². The van der Waals surface area contributed by atoms with Crippen LogP contribution in [0.25, 0.3) is 0 Å².